The van der Waals surface area contributed by atoms with Crippen LogP contribution in [0.5, 0.6) is 5.75 Å². The van der Waals surface area contributed by atoms with Crippen molar-refractivity contribution in [3.63, 3.8) is 0 Å². The first-order valence-corrected chi connectivity index (χ1v) is 11.5. The Hall–Kier alpha value is -2.91. The van der Waals surface area contributed by atoms with E-state index in [2.05, 4.69) is 5.32 Å². The predicted octanol–water partition coefficient (Wildman–Crippen LogP) is 2.84. The van der Waals surface area contributed by atoms with E-state index in [9.17, 15) is 18.0 Å². The van der Waals surface area contributed by atoms with Crippen molar-refractivity contribution in [2.45, 2.75) is 31.1 Å². The number of anilines is 1. The molecular weight excluding hydrogens is 420 g/mol. The number of sulfonamides is 1. The van der Waals surface area contributed by atoms with Gasteiger partial charge in [-0.15, -0.1) is 0 Å². The van der Waals surface area contributed by atoms with Crippen molar-refractivity contribution in [2.75, 3.05) is 32.1 Å². The highest BCUT2D eigenvalue weighted by Gasteiger charge is 2.30. The number of nitrogens with zero attached hydrogens (tertiary/aromatic N) is 1. The van der Waals surface area contributed by atoms with Crippen LogP contribution in [0.1, 0.15) is 35.7 Å². The van der Waals surface area contributed by atoms with Gasteiger partial charge < -0.3 is 14.8 Å². The van der Waals surface area contributed by atoms with Gasteiger partial charge in [0, 0.05) is 18.8 Å². The molecule has 2 aromatic carbocycles. The highest BCUT2D eigenvalue weighted by molar-refractivity contribution is 7.89. The summed E-state index contributed by atoms with van der Waals surface area (Å²) in [6.07, 6.45) is 1.57. The van der Waals surface area contributed by atoms with Crippen LogP contribution >= 0.6 is 0 Å². The van der Waals surface area contributed by atoms with Gasteiger partial charge in [0.1, 0.15) is 10.6 Å². The molecule has 1 aliphatic rings. The molecule has 0 aliphatic carbocycles. The van der Waals surface area contributed by atoms with Crippen LogP contribution in [0.3, 0.4) is 0 Å². The van der Waals surface area contributed by atoms with Crippen molar-refractivity contribution >= 4 is 27.6 Å². The summed E-state index contributed by atoms with van der Waals surface area (Å²) < 4.78 is 37.9. The maximum absolute atomic E-state index is 13.1. The fourth-order valence-electron chi connectivity index (χ4n) is 3.49. The van der Waals surface area contributed by atoms with E-state index in [1.54, 1.807) is 43.3 Å². The van der Waals surface area contributed by atoms with E-state index < -0.39 is 16.0 Å². The molecule has 0 spiro atoms. The molecule has 31 heavy (non-hydrogen) atoms. The number of ether oxygens (including phenoxy) is 2. The van der Waals surface area contributed by atoms with Gasteiger partial charge in [-0.2, -0.15) is 4.31 Å². The number of hydrogen-bond acceptors (Lipinski definition) is 6. The molecule has 1 saturated heterocycles. The van der Waals surface area contributed by atoms with Gasteiger partial charge in [-0.3, -0.25) is 4.79 Å². The number of hydrogen-bond donors (Lipinski definition) is 1. The molecule has 1 aliphatic heterocycles. The maximum Gasteiger partial charge on any atom is 0.338 e. The van der Waals surface area contributed by atoms with E-state index in [4.69, 9.17) is 9.47 Å². The molecule has 1 fully saturated rings. The third-order valence-electron chi connectivity index (χ3n) is 4.98. The van der Waals surface area contributed by atoms with Crippen LogP contribution in [0.15, 0.2) is 47.4 Å². The summed E-state index contributed by atoms with van der Waals surface area (Å²) in [7, 11) is -2.46. The Balaban J connectivity index is 1.84. The lowest BCUT2D eigenvalue weighted by Gasteiger charge is -2.19. The van der Waals surface area contributed by atoms with Crippen molar-refractivity contribution < 1.29 is 27.5 Å². The van der Waals surface area contributed by atoms with Crippen LogP contribution in [0.4, 0.5) is 5.69 Å². The summed E-state index contributed by atoms with van der Waals surface area (Å²) in [5.74, 6) is -0.656. The van der Waals surface area contributed by atoms with Crippen molar-refractivity contribution in [3.8, 4) is 5.75 Å². The second-order valence-corrected chi connectivity index (χ2v) is 8.99. The van der Waals surface area contributed by atoms with Gasteiger partial charge in [-0.25, -0.2) is 13.2 Å². The molecule has 0 radical (unpaired) electrons. The zero-order valence-electron chi connectivity index (χ0n) is 17.6. The summed E-state index contributed by atoms with van der Waals surface area (Å²) in [6, 6.07) is 11.2. The zero-order chi connectivity index (χ0) is 22.4. The van der Waals surface area contributed by atoms with Crippen molar-refractivity contribution in [1.82, 2.24) is 4.31 Å². The van der Waals surface area contributed by atoms with Crippen LogP contribution in [0.25, 0.3) is 0 Å². The van der Waals surface area contributed by atoms with Gasteiger partial charge in [0.25, 0.3) is 0 Å². The summed E-state index contributed by atoms with van der Waals surface area (Å²) >= 11 is 0. The second-order valence-electron chi connectivity index (χ2n) is 7.08. The molecule has 2 aromatic rings. The average Bonchev–Trinajstić information content (AvgIpc) is 3.30. The van der Waals surface area contributed by atoms with Crippen molar-refractivity contribution in [3.05, 3.63) is 53.6 Å². The van der Waals surface area contributed by atoms with E-state index >= 15 is 0 Å². The van der Waals surface area contributed by atoms with Crippen molar-refractivity contribution in [2.24, 2.45) is 0 Å². The first-order valence-electron chi connectivity index (χ1n) is 10.1. The highest BCUT2D eigenvalue weighted by atomic mass is 32.2. The van der Waals surface area contributed by atoms with Gasteiger partial charge in [-0.05, 0) is 49.6 Å². The molecule has 0 aromatic heterocycles. The van der Waals surface area contributed by atoms with E-state index in [0.717, 1.165) is 12.8 Å². The Morgan fingerprint density at radius 1 is 1.10 bits per heavy atom. The third kappa shape index (κ3) is 5.23. The molecule has 0 saturated carbocycles. The number of benzene rings is 2. The molecule has 1 heterocycles. The zero-order valence-corrected chi connectivity index (χ0v) is 18.4. The van der Waals surface area contributed by atoms with Crippen LogP contribution < -0.4 is 10.1 Å². The summed E-state index contributed by atoms with van der Waals surface area (Å²) in [5.41, 5.74) is 1.16. The molecule has 1 amide bonds. The number of amides is 1. The van der Waals surface area contributed by atoms with Crippen LogP contribution in [0, 0.1) is 0 Å². The third-order valence-corrected chi connectivity index (χ3v) is 6.90. The molecule has 8 nitrogen and oxygen atoms in total. The molecule has 9 heteroatoms. The Morgan fingerprint density at radius 2 is 1.81 bits per heavy atom. The predicted molar refractivity (Wildman–Crippen MR) is 116 cm³/mol. The van der Waals surface area contributed by atoms with E-state index in [-0.39, 0.29) is 23.0 Å². The Morgan fingerprint density at radius 3 is 2.48 bits per heavy atom. The SMILES string of the molecule is CCOc1ccc(NC(=O)Cc2ccccc2C(=O)OC)cc1S(=O)(=O)N1CCCC1. The number of nitrogens with one attached hydrogen (secondary N) is 1. The molecular formula is C22H26N2O6S. The lowest BCUT2D eigenvalue weighted by atomic mass is 10.0. The van der Waals surface area contributed by atoms with E-state index in [0.29, 0.717) is 36.5 Å². The molecule has 166 valence electrons. The topological polar surface area (TPSA) is 102 Å². The molecule has 0 atom stereocenters. The number of rotatable bonds is 8. The quantitative estimate of drug-likeness (QED) is 0.626. The van der Waals surface area contributed by atoms with Gasteiger partial charge in [-0.1, -0.05) is 18.2 Å². The first-order chi connectivity index (χ1) is 14.9. The fourth-order valence-corrected chi connectivity index (χ4v) is 5.17. The standard InChI is InChI=1S/C22H26N2O6S/c1-3-30-19-11-10-17(15-20(19)31(27,28)24-12-6-7-13-24)23-21(25)14-16-8-4-5-9-18(16)22(26)29-2/h4-5,8-11,15H,3,6-7,12-14H2,1-2H3,(H,23,25). The van der Waals surface area contributed by atoms with Crippen LogP contribution in [0.2, 0.25) is 0 Å². The molecule has 1 N–H and O–H groups in total. The molecule has 0 unspecified atom stereocenters. The minimum atomic E-state index is -3.73. The summed E-state index contributed by atoms with van der Waals surface area (Å²) in [5, 5.41) is 2.72. The Labute approximate surface area is 182 Å². The Bertz CT molecular complexity index is 1060. The lowest BCUT2D eigenvalue weighted by Crippen LogP contribution is -2.28. The number of esters is 1. The van der Waals surface area contributed by atoms with Gasteiger partial charge >= 0.3 is 5.97 Å². The fraction of sp³-hybridized carbons (Fsp3) is 0.364. The molecule has 0 bridgehead atoms. The minimum Gasteiger partial charge on any atom is -0.492 e. The molecule has 3 rings (SSSR count). The first kappa shape index (κ1) is 22.8. The van der Waals surface area contributed by atoms with Gasteiger partial charge in [0.05, 0.1) is 25.7 Å². The lowest BCUT2D eigenvalue weighted by molar-refractivity contribution is -0.115. The largest absolute Gasteiger partial charge is 0.492 e. The van der Waals surface area contributed by atoms with E-state index in [1.807, 2.05) is 0 Å². The number of carbonyl (C=O) groups is 2. The Kier molecular flexibility index (Phi) is 7.29. The van der Waals surface area contributed by atoms with E-state index in [1.165, 1.54) is 17.5 Å². The van der Waals surface area contributed by atoms with Gasteiger partial charge in [0.15, 0.2) is 0 Å². The van der Waals surface area contributed by atoms with Crippen LogP contribution in [-0.2, 0) is 26.0 Å². The van der Waals surface area contributed by atoms with Crippen molar-refractivity contribution in [1.29, 1.82) is 0 Å². The smallest absolute Gasteiger partial charge is 0.338 e. The number of methoxy groups -OCH3 is 1. The summed E-state index contributed by atoms with van der Waals surface area (Å²) in [4.78, 5) is 24.6. The number of carbonyl (C=O) groups excluding carboxylic acids is 2. The average molecular weight is 447 g/mol. The monoisotopic (exact) mass is 446 g/mol. The van der Waals surface area contributed by atoms with Crippen LogP contribution in [-0.4, -0.2) is 51.4 Å². The minimum absolute atomic E-state index is 0.0315. The normalized spacial score (nSPS) is 14.3. The highest BCUT2D eigenvalue weighted by Crippen LogP contribution is 2.31. The summed E-state index contributed by atoms with van der Waals surface area (Å²) in [6.45, 7) is 3.03. The second kappa shape index (κ2) is 9.93. The maximum atomic E-state index is 13.1. The van der Waals surface area contributed by atoms with Gasteiger partial charge in [0.2, 0.25) is 15.9 Å².